The third-order valence-electron chi connectivity index (χ3n) is 6.37. The number of aliphatic carboxylic acids is 1. The Morgan fingerprint density at radius 2 is 1.66 bits per heavy atom. The maximum Gasteiger partial charge on any atom is 0.305 e. The minimum absolute atomic E-state index is 0.230. The van der Waals surface area contributed by atoms with Gasteiger partial charge >= 0.3 is 5.97 Å². The number of nitrogens with one attached hydrogen (secondary N) is 2. The lowest BCUT2D eigenvalue weighted by molar-refractivity contribution is -0.137. The predicted molar refractivity (Wildman–Crippen MR) is 148 cm³/mol. The molecule has 3 N–H and O–H groups in total. The van der Waals surface area contributed by atoms with Gasteiger partial charge < -0.3 is 15.7 Å². The number of carboxylic acid groups (broad SMARTS) is 1. The highest BCUT2D eigenvalue weighted by atomic mass is 16.4. The van der Waals surface area contributed by atoms with Crippen molar-refractivity contribution in [1.82, 2.24) is 14.7 Å². The van der Waals surface area contributed by atoms with E-state index in [0.29, 0.717) is 17.8 Å². The molecule has 5 aromatic rings. The van der Waals surface area contributed by atoms with Crippen LogP contribution in [0, 0.1) is 6.92 Å². The number of anilines is 1. The lowest BCUT2D eigenvalue weighted by Gasteiger charge is -2.18. The fraction of sp³-hybridized carbons (Fsp3) is 0.129. The van der Waals surface area contributed by atoms with Crippen LogP contribution in [-0.4, -0.2) is 26.4 Å². The Kier molecular flexibility index (Phi) is 7.17. The van der Waals surface area contributed by atoms with Crippen LogP contribution in [-0.2, 0) is 11.3 Å². The standard InChI is InChI=1S/C31H28N4O3/c1-21-10-8-15-24(18-21)26(19-27(36)37)33-31(38)25-16-9-17-35-29(25)34-28(23-13-6-3-7-14-23)30(35)32-20-22-11-4-2-5-12-22/h2-18,26,32H,19-20H2,1H3,(H,33,38)(H,36,37). The molecule has 0 saturated heterocycles. The van der Waals surface area contributed by atoms with Gasteiger partial charge in [0.15, 0.2) is 5.65 Å². The molecular formula is C31H28N4O3. The highest BCUT2D eigenvalue weighted by molar-refractivity contribution is 6.01. The zero-order valence-corrected chi connectivity index (χ0v) is 21.0. The van der Waals surface area contributed by atoms with Crippen molar-refractivity contribution in [2.24, 2.45) is 0 Å². The molecule has 0 saturated carbocycles. The van der Waals surface area contributed by atoms with E-state index >= 15 is 0 Å². The molecule has 0 fully saturated rings. The molecule has 7 heteroatoms. The van der Waals surface area contributed by atoms with Crippen molar-refractivity contribution in [3.63, 3.8) is 0 Å². The van der Waals surface area contributed by atoms with Gasteiger partial charge in [-0.2, -0.15) is 0 Å². The van der Waals surface area contributed by atoms with Crippen molar-refractivity contribution in [3.05, 3.63) is 126 Å². The van der Waals surface area contributed by atoms with Gasteiger partial charge in [-0.05, 0) is 30.2 Å². The number of aromatic nitrogens is 2. The maximum atomic E-state index is 13.6. The van der Waals surface area contributed by atoms with Crippen LogP contribution in [0.15, 0.2) is 103 Å². The lowest BCUT2D eigenvalue weighted by atomic mass is 10.0. The van der Waals surface area contributed by atoms with Crippen molar-refractivity contribution in [2.75, 3.05) is 5.32 Å². The smallest absolute Gasteiger partial charge is 0.305 e. The number of amides is 1. The SMILES string of the molecule is Cc1cccc(C(CC(=O)O)NC(=O)c2cccn3c(NCc4ccccc4)c(-c4ccccc4)nc23)c1. The number of fused-ring (bicyclic) bond motifs is 1. The number of hydrogen-bond donors (Lipinski definition) is 3. The second-order valence-corrected chi connectivity index (χ2v) is 9.17. The van der Waals surface area contributed by atoms with Crippen LogP contribution in [0.25, 0.3) is 16.9 Å². The van der Waals surface area contributed by atoms with E-state index in [-0.39, 0.29) is 12.3 Å². The van der Waals surface area contributed by atoms with Crippen LogP contribution in [0.5, 0.6) is 0 Å². The van der Waals surface area contributed by atoms with Gasteiger partial charge in [-0.3, -0.25) is 14.0 Å². The second-order valence-electron chi connectivity index (χ2n) is 9.17. The second kappa shape index (κ2) is 11.0. The molecule has 38 heavy (non-hydrogen) atoms. The van der Waals surface area contributed by atoms with Gasteiger partial charge in [-0.25, -0.2) is 4.98 Å². The molecule has 0 aliphatic rings. The molecule has 0 bridgehead atoms. The molecule has 0 aliphatic heterocycles. The summed E-state index contributed by atoms with van der Waals surface area (Å²) in [6.45, 7) is 2.52. The van der Waals surface area contributed by atoms with E-state index in [0.717, 1.165) is 33.8 Å². The Morgan fingerprint density at radius 3 is 2.37 bits per heavy atom. The van der Waals surface area contributed by atoms with E-state index in [1.54, 1.807) is 12.1 Å². The molecule has 2 aromatic heterocycles. The van der Waals surface area contributed by atoms with Crippen LogP contribution in [0.4, 0.5) is 5.82 Å². The van der Waals surface area contributed by atoms with Crippen LogP contribution >= 0.6 is 0 Å². The topological polar surface area (TPSA) is 95.7 Å². The van der Waals surface area contributed by atoms with Gasteiger partial charge in [0, 0.05) is 18.3 Å². The van der Waals surface area contributed by atoms with Gasteiger partial charge in [-0.15, -0.1) is 0 Å². The summed E-state index contributed by atoms with van der Waals surface area (Å²) >= 11 is 0. The van der Waals surface area contributed by atoms with Gasteiger partial charge in [0.2, 0.25) is 0 Å². The monoisotopic (exact) mass is 504 g/mol. The largest absolute Gasteiger partial charge is 0.481 e. The molecule has 3 aromatic carbocycles. The summed E-state index contributed by atoms with van der Waals surface area (Å²) in [7, 11) is 0. The average molecular weight is 505 g/mol. The summed E-state index contributed by atoms with van der Waals surface area (Å²) in [4.78, 5) is 30.1. The minimum Gasteiger partial charge on any atom is -0.481 e. The first kappa shape index (κ1) is 24.8. The van der Waals surface area contributed by atoms with Gasteiger partial charge in [0.1, 0.15) is 11.5 Å². The third kappa shape index (κ3) is 5.42. The Bertz CT molecular complexity index is 1580. The molecule has 2 heterocycles. The van der Waals surface area contributed by atoms with Crippen molar-refractivity contribution >= 4 is 23.3 Å². The Morgan fingerprint density at radius 1 is 0.921 bits per heavy atom. The van der Waals surface area contributed by atoms with E-state index in [9.17, 15) is 14.7 Å². The number of imidazole rings is 1. The van der Waals surface area contributed by atoms with Gasteiger partial charge in [0.25, 0.3) is 5.91 Å². The number of aryl methyl sites for hydroxylation is 1. The molecule has 0 aliphatic carbocycles. The summed E-state index contributed by atoms with van der Waals surface area (Å²) in [5.74, 6) is -0.609. The molecular weight excluding hydrogens is 476 g/mol. The first-order valence-electron chi connectivity index (χ1n) is 12.4. The molecule has 0 radical (unpaired) electrons. The van der Waals surface area contributed by atoms with Crippen molar-refractivity contribution in [3.8, 4) is 11.3 Å². The number of benzene rings is 3. The van der Waals surface area contributed by atoms with Crippen LogP contribution in [0.2, 0.25) is 0 Å². The van der Waals surface area contributed by atoms with Crippen LogP contribution in [0.1, 0.15) is 39.5 Å². The molecule has 7 nitrogen and oxygen atoms in total. The van der Waals surface area contributed by atoms with Crippen molar-refractivity contribution in [1.29, 1.82) is 0 Å². The van der Waals surface area contributed by atoms with E-state index < -0.39 is 12.0 Å². The molecule has 1 atom stereocenters. The normalized spacial score (nSPS) is 11.7. The lowest BCUT2D eigenvalue weighted by Crippen LogP contribution is -2.30. The summed E-state index contributed by atoms with van der Waals surface area (Å²) in [5.41, 5.74) is 5.34. The maximum absolute atomic E-state index is 13.6. The minimum atomic E-state index is -0.991. The fourth-order valence-electron chi connectivity index (χ4n) is 4.54. The highest BCUT2D eigenvalue weighted by Crippen LogP contribution is 2.31. The fourth-order valence-corrected chi connectivity index (χ4v) is 4.54. The Labute approximate surface area is 220 Å². The van der Waals surface area contributed by atoms with Gasteiger partial charge in [-0.1, -0.05) is 90.5 Å². The summed E-state index contributed by atoms with van der Waals surface area (Å²) in [6.07, 6.45) is 1.64. The first-order valence-corrected chi connectivity index (χ1v) is 12.4. The summed E-state index contributed by atoms with van der Waals surface area (Å²) in [5, 5.41) is 16.0. The first-order chi connectivity index (χ1) is 18.5. The highest BCUT2D eigenvalue weighted by Gasteiger charge is 2.23. The van der Waals surface area contributed by atoms with Crippen molar-refractivity contribution < 1.29 is 14.7 Å². The van der Waals surface area contributed by atoms with E-state index in [4.69, 9.17) is 4.98 Å². The number of hydrogen-bond acceptors (Lipinski definition) is 4. The zero-order chi connectivity index (χ0) is 26.5. The number of carbonyl (C=O) groups is 2. The quantitative estimate of drug-likeness (QED) is 0.233. The number of rotatable bonds is 9. The summed E-state index contributed by atoms with van der Waals surface area (Å²) < 4.78 is 1.87. The van der Waals surface area contributed by atoms with E-state index in [2.05, 4.69) is 10.6 Å². The zero-order valence-electron chi connectivity index (χ0n) is 21.0. The molecule has 1 amide bonds. The Balaban J connectivity index is 1.54. The summed E-state index contributed by atoms with van der Waals surface area (Å²) in [6, 6.07) is 30.2. The molecule has 190 valence electrons. The van der Waals surface area contributed by atoms with Gasteiger partial charge in [0.05, 0.1) is 18.0 Å². The number of carbonyl (C=O) groups excluding carboxylic acids is 1. The third-order valence-corrected chi connectivity index (χ3v) is 6.37. The number of pyridine rings is 1. The van der Waals surface area contributed by atoms with Crippen LogP contribution in [0.3, 0.4) is 0 Å². The van der Waals surface area contributed by atoms with E-state index in [1.165, 1.54) is 0 Å². The molecule has 0 spiro atoms. The number of carboxylic acids is 1. The Hall–Kier alpha value is -4.91. The average Bonchev–Trinajstić information content (AvgIpc) is 3.31. The molecule has 5 rings (SSSR count). The molecule has 1 unspecified atom stereocenters. The predicted octanol–water partition coefficient (Wildman–Crippen LogP) is 5.87. The van der Waals surface area contributed by atoms with E-state index in [1.807, 2.05) is 102 Å². The number of nitrogens with zero attached hydrogens (tertiary/aromatic N) is 2. The van der Waals surface area contributed by atoms with Crippen molar-refractivity contribution in [2.45, 2.75) is 25.9 Å². The van der Waals surface area contributed by atoms with Crippen LogP contribution < -0.4 is 10.6 Å².